The highest BCUT2D eigenvalue weighted by Gasteiger charge is 2.08. The highest BCUT2D eigenvalue weighted by atomic mass is 31.2. The van der Waals surface area contributed by atoms with Crippen molar-refractivity contribution in [2.24, 2.45) is 5.92 Å². The average Bonchev–Trinajstić information content (AvgIpc) is 2.81. The first kappa shape index (κ1) is 34.3. The van der Waals surface area contributed by atoms with Gasteiger partial charge >= 0.3 is 8.60 Å². The summed E-state index contributed by atoms with van der Waals surface area (Å²) in [6.07, 6.45) is 24.7. The molecule has 34 heavy (non-hydrogen) atoms. The molecule has 0 aliphatic carbocycles. The van der Waals surface area contributed by atoms with E-state index in [9.17, 15) is 4.89 Å². The normalized spacial score (nSPS) is 12.8. The van der Waals surface area contributed by atoms with E-state index in [0.29, 0.717) is 13.2 Å². The fraction of sp³-hybridized carbons (Fsp3) is 1.00. The molecule has 0 amide bonds. The van der Waals surface area contributed by atoms with Crippen LogP contribution in [0.3, 0.4) is 0 Å². The SMILES string of the molecule is CCCCCCCCN(CCCCCCCC)CCCCOP(O)OCCCCCCC(C)C. The first-order valence-corrected chi connectivity index (χ1v) is 16.2. The lowest BCUT2D eigenvalue weighted by Crippen LogP contribution is -2.27. The molecule has 5 heteroatoms. The van der Waals surface area contributed by atoms with E-state index in [1.54, 1.807) is 0 Å². The number of hydrogen-bond donors (Lipinski definition) is 1. The molecular formula is C29H62NO3P. The van der Waals surface area contributed by atoms with Gasteiger partial charge in [0.25, 0.3) is 0 Å². The lowest BCUT2D eigenvalue weighted by molar-refractivity contribution is 0.188. The summed E-state index contributed by atoms with van der Waals surface area (Å²) >= 11 is 0. The van der Waals surface area contributed by atoms with Crippen LogP contribution in [0.2, 0.25) is 0 Å². The van der Waals surface area contributed by atoms with Crippen molar-refractivity contribution in [3.8, 4) is 0 Å². The number of rotatable bonds is 28. The lowest BCUT2D eigenvalue weighted by atomic mass is 10.0. The van der Waals surface area contributed by atoms with E-state index in [1.807, 2.05) is 0 Å². The molecular weight excluding hydrogens is 441 g/mol. The number of hydrogen-bond acceptors (Lipinski definition) is 4. The molecule has 0 aromatic heterocycles. The molecule has 0 aromatic rings. The van der Waals surface area contributed by atoms with Crippen LogP contribution < -0.4 is 0 Å². The molecule has 1 unspecified atom stereocenters. The molecule has 1 atom stereocenters. The predicted molar refractivity (Wildman–Crippen MR) is 151 cm³/mol. The number of nitrogens with zero attached hydrogens (tertiary/aromatic N) is 1. The molecule has 4 nitrogen and oxygen atoms in total. The van der Waals surface area contributed by atoms with E-state index in [-0.39, 0.29) is 0 Å². The second-order valence-corrected chi connectivity index (χ2v) is 11.6. The van der Waals surface area contributed by atoms with E-state index >= 15 is 0 Å². The van der Waals surface area contributed by atoms with Crippen molar-refractivity contribution < 1.29 is 13.9 Å². The average molecular weight is 504 g/mol. The van der Waals surface area contributed by atoms with Crippen molar-refractivity contribution in [3.05, 3.63) is 0 Å². The molecule has 0 radical (unpaired) electrons. The van der Waals surface area contributed by atoms with Gasteiger partial charge in [-0.3, -0.25) is 0 Å². The minimum absolute atomic E-state index is 0.610. The maximum atomic E-state index is 9.95. The molecule has 0 bridgehead atoms. The molecule has 0 aromatic carbocycles. The second-order valence-electron chi connectivity index (χ2n) is 10.6. The van der Waals surface area contributed by atoms with Gasteiger partial charge in [-0.15, -0.1) is 0 Å². The quantitative estimate of drug-likeness (QED) is 0.0852. The van der Waals surface area contributed by atoms with Crippen molar-refractivity contribution in [2.75, 3.05) is 32.8 Å². The van der Waals surface area contributed by atoms with Crippen LogP contribution in [0.4, 0.5) is 0 Å². The molecule has 206 valence electrons. The van der Waals surface area contributed by atoms with Crippen LogP contribution in [-0.2, 0) is 9.05 Å². The number of unbranched alkanes of at least 4 members (excludes halogenated alkanes) is 14. The standard InChI is InChI=1S/C29H62NO3P/c1-5-7-9-11-14-18-24-30(25-19-15-12-10-8-6-2)26-20-22-28-33-34(31)32-27-21-16-13-17-23-29(3)4/h29,31H,5-28H2,1-4H3. The Hall–Kier alpha value is 0.270. The van der Waals surface area contributed by atoms with E-state index in [4.69, 9.17) is 9.05 Å². The van der Waals surface area contributed by atoms with Crippen molar-refractivity contribution in [2.45, 2.75) is 150 Å². The van der Waals surface area contributed by atoms with Gasteiger partial charge in [0.05, 0.1) is 13.2 Å². The summed E-state index contributed by atoms with van der Waals surface area (Å²) in [5.74, 6) is 0.799. The fourth-order valence-corrected chi connectivity index (χ4v) is 4.98. The summed E-state index contributed by atoms with van der Waals surface area (Å²) in [5.41, 5.74) is 0. The summed E-state index contributed by atoms with van der Waals surface area (Å²) in [7, 11) is -1.69. The monoisotopic (exact) mass is 503 g/mol. The van der Waals surface area contributed by atoms with Gasteiger partial charge in [0.2, 0.25) is 0 Å². The van der Waals surface area contributed by atoms with E-state index in [2.05, 4.69) is 32.6 Å². The summed E-state index contributed by atoms with van der Waals surface area (Å²) in [6, 6.07) is 0. The van der Waals surface area contributed by atoms with Gasteiger partial charge in [-0.05, 0) is 57.7 Å². The third-order valence-electron chi connectivity index (χ3n) is 6.60. The van der Waals surface area contributed by atoms with Crippen molar-refractivity contribution in [1.82, 2.24) is 4.90 Å². The van der Waals surface area contributed by atoms with Gasteiger partial charge in [-0.25, -0.2) is 0 Å². The molecule has 0 heterocycles. The van der Waals surface area contributed by atoms with Crippen LogP contribution in [-0.4, -0.2) is 42.6 Å². The maximum absolute atomic E-state index is 9.95. The van der Waals surface area contributed by atoms with E-state index in [0.717, 1.165) is 31.7 Å². The van der Waals surface area contributed by atoms with Crippen LogP contribution in [0.25, 0.3) is 0 Å². The molecule has 0 spiro atoms. The minimum atomic E-state index is -1.69. The largest absolute Gasteiger partial charge is 0.329 e. The molecule has 0 saturated carbocycles. The summed E-state index contributed by atoms with van der Waals surface area (Å²) < 4.78 is 11.0. The van der Waals surface area contributed by atoms with Crippen LogP contribution in [0.1, 0.15) is 150 Å². The third kappa shape index (κ3) is 26.9. The Balaban J connectivity index is 3.83. The first-order chi connectivity index (χ1) is 16.6. The molecule has 1 N–H and O–H groups in total. The Morgan fingerprint density at radius 1 is 0.559 bits per heavy atom. The predicted octanol–water partition coefficient (Wildman–Crippen LogP) is 9.65. The molecule has 0 rings (SSSR count). The zero-order valence-corrected chi connectivity index (χ0v) is 24.6. The minimum Gasteiger partial charge on any atom is -0.328 e. The highest BCUT2D eigenvalue weighted by Crippen LogP contribution is 2.33. The Kier molecular flexibility index (Phi) is 28.1. The second kappa shape index (κ2) is 27.9. The van der Waals surface area contributed by atoms with Gasteiger partial charge in [0.15, 0.2) is 0 Å². The third-order valence-corrected chi connectivity index (χ3v) is 7.41. The van der Waals surface area contributed by atoms with E-state index < -0.39 is 8.60 Å². The van der Waals surface area contributed by atoms with Gasteiger partial charge < -0.3 is 18.8 Å². The Morgan fingerprint density at radius 3 is 1.44 bits per heavy atom. The molecule has 0 aliphatic heterocycles. The fourth-order valence-electron chi connectivity index (χ4n) is 4.34. The topological polar surface area (TPSA) is 41.9 Å². The van der Waals surface area contributed by atoms with Crippen molar-refractivity contribution in [1.29, 1.82) is 0 Å². The Morgan fingerprint density at radius 2 is 0.941 bits per heavy atom. The van der Waals surface area contributed by atoms with Gasteiger partial charge in [0, 0.05) is 0 Å². The van der Waals surface area contributed by atoms with Crippen LogP contribution >= 0.6 is 8.60 Å². The maximum Gasteiger partial charge on any atom is 0.329 e. The van der Waals surface area contributed by atoms with Gasteiger partial charge in [-0.1, -0.05) is 118 Å². The van der Waals surface area contributed by atoms with Gasteiger partial charge in [-0.2, -0.15) is 0 Å². The van der Waals surface area contributed by atoms with Gasteiger partial charge in [0.1, 0.15) is 0 Å². The van der Waals surface area contributed by atoms with Crippen LogP contribution in [0.5, 0.6) is 0 Å². The van der Waals surface area contributed by atoms with E-state index in [1.165, 1.54) is 116 Å². The Labute approximate surface area is 215 Å². The highest BCUT2D eigenvalue weighted by molar-refractivity contribution is 7.40. The molecule has 0 saturated heterocycles. The molecule has 0 aliphatic rings. The van der Waals surface area contributed by atoms with Crippen molar-refractivity contribution in [3.63, 3.8) is 0 Å². The smallest absolute Gasteiger partial charge is 0.328 e. The Bertz CT molecular complexity index is 368. The van der Waals surface area contributed by atoms with Crippen molar-refractivity contribution >= 4 is 8.60 Å². The summed E-state index contributed by atoms with van der Waals surface area (Å²) in [5, 5.41) is 0. The first-order valence-electron chi connectivity index (χ1n) is 15.1. The van der Waals surface area contributed by atoms with Crippen LogP contribution in [0, 0.1) is 5.92 Å². The molecule has 0 fully saturated rings. The summed E-state index contributed by atoms with van der Waals surface area (Å²) in [6.45, 7) is 14.0. The zero-order chi connectivity index (χ0) is 25.1. The lowest BCUT2D eigenvalue weighted by Gasteiger charge is -2.22. The summed E-state index contributed by atoms with van der Waals surface area (Å²) in [4.78, 5) is 12.6. The zero-order valence-electron chi connectivity index (χ0n) is 23.7. The van der Waals surface area contributed by atoms with Crippen LogP contribution in [0.15, 0.2) is 0 Å².